The Kier molecular flexibility index (Phi) is 7.74. The number of halogens is 2. The predicted molar refractivity (Wildman–Crippen MR) is 114 cm³/mol. The van der Waals surface area contributed by atoms with Crippen molar-refractivity contribution in [3.05, 3.63) is 63.1 Å². The quantitative estimate of drug-likeness (QED) is 0.529. The van der Waals surface area contributed by atoms with E-state index >= 15 is 0 Å². The van der Waals surface area contributed by atoms with E-state index < -0.39 is 51.7 Å². The molecule has 10 nitrogen and oxygen atoms in total. The van der Waals surface area contributed by atoms with Crippen LogP contribution in [0.5, 0.6) is 5.75 Å². The van der Waals surface area contributed by atoms with Crippen LogP contribution in [-0.4, -0.2) is 72.9 Å². The fourth-order valence-electron chi connectivity index (χ4n) is 3.50. The van der Waals surface area contributed by atoms with Gasteiger partial charge in [0, 0.05) is 39.4 Å². The van der Waals surface area contributed by atoms with Crippen molar-refractivity contribution in [2.24, 2.45) is 0 Å². The first-order valence-corrected chi connectivity index (χ1v) is 10.2. The number of benzene rings is 1. The Morgan fingerprint density at radius 3 is 2.53 bits per heavy atom. The number of aromatic hydroxyl groups is 1. The summed E-state index contributed by atoms with van der Waals surface area (Å²) in [6.45, 7) is -0.400. The van der Waals surface area contributed by atoms with Crippen LogP contribution < -0.4 is 10.4 Å². The highest BCUT2D eigenvalue weighted by Gasteiger charge is 2.36. The maximum atomic E-state index is 13.9. The molecule has 34 heavy (non-hydrogen) atoms. The van der Waals surface area contributed by atoms with Crippen LogP contribution in [0.4, 0.5) is 8.78 Å². The Hall–Kier alpha value is -3.64. The third-order valence-electron chi connectivity index (χ3n) is 5.28. The average molecular weight is 479 g/mol. The van der Waals surface area contributed by atoms with Crippen LogP contribution in [0.1, 0.15) is 32.8 Å². The number of methoxy groups -OCH3 is 2. The van der Waals surface area contributed by atoms with E-state index in [4.69, 9.17) is 9.47 Å². The van der Waals surface area contributed by atoms with E-state index in [0.717, 1.165) is 21.9 Å². The molecule has 0 atom stereocenters. The van der Waals surface area contributed by atoms with Gasteiger partial charge in [-0.1, -0.05) is 6.07 Å². The number of aromatic nitrogens is 1. The van der Waals surface area contributed by atoms with Gasteiger partial charge in [0.15, 0.2) is 17.2 Å². The van der Waals surface area contributed by atoms with Gasteiger partial charge in [0.1, 0.15) is 24.9 Å². The molecule has 0 saturated heterocycles. The number of hydrogen-bond acceptors (Lipinski definition) is 7. The van der Waals surface area contributed by atoms with Crippen LogP contribution in [0, 0.1) is 11.6 Å². The maximum Gasteiger partial charge on any atom is 0.278 e. The summed E-state index contributed by atoms with van der Waals surface area (Å²) < 4.78 is 37.8. The topological polar surface area (TPSA) is 118 Å². The lowest BCUT2D eigenvalue weighted by atomic mass is 10.0. The Balaban J connectivity index is 1.98. The second-order valence-electron chi connectivity index (χ2n) is 7.50. The van der Waals surface area contributed by atoms with Gasteiger partial charge < -0.3 is 19.5 Å². The first-order chi connectivity index (χ1) is 16.2. The number of pyridine rings is 1. The molecular weight excluding hydrogens is 456 g/mol. The molecule has 1 N–H and O–H groups in total. The van der Waals surface area contributed by atoms with Gasteiger partial charge >= 0.3 is 0 Å². The fourth-order valence-corrected chi connectivity index (χ4v) is 3.50. The highest BCUT2D eigenvalue weighted by molar-refractivity contribution is 6.02. The molecule has 1 aliphatic heterocycles. The normalized spacial score (nSPS) is 13.2. The van der Waals surface area contributed by atoms with Crippen molar-refractivity contribution in [2.45, 2.75) is 12.8 Å². The predicted octanol–water partition coefficient (Wildman–Crippen LogP) is 0.818. The van der Waals surface area contributed by atoms with Crippen LogP contribution in [0.15, 0.2) is 29.2 Å². The molecule has 182 valence electrons. The van der Waals surface area contributed by atoms with E-state index in [1.54, 1.807) is 0 Å². The van der Waals surface area contributed by atoms with Crippen LogP contribution in [0.25, 0.3) is 0 Å². The van der Waals surface area contributed by atoms with Crippen molar-refractivity contribution in [2.75, 3.05) is 45.7 Å². The van der Waals surface area contributed by atoms with Crippen LogP contribution in [-0.2, 0) is 20.7 Å². The number of aryl methyl sites for hydroxylation is 1. The van der Waals surface area contributed by atoms with Gasteiger partial charge in [-0.05, 0) is 18.1 Å². The molecule has 1 aromatic heterocycles. The Labute approximate surface area is 192 Å². The number of Topliss-reactive ketones (excluding diaryl/α,β-unsaturated/α-hetero) is 1. The van der Waals surface area contributed by atoms with Gasteiger partial charge in [-0.3, -0.25) is 19.2 Å². The molecule has 2 heterocycles. The van der Waals surface area contributed by atoms with Gasteiger partial charge in [-0.2, -0.15) is 0 Å². The largest absolute Gasteiger partial charge is 0.502 e. The summed E-state index contributed by atoms with van der Waals surface area (Å²) in [6.07, 6.45) is 0.527. The molecule has 12 heteroatoms. The van der Waals surface area contributed by atoms with E-state index in [9.17, 15) is 33.1 Å². The van der Waals surface area contributed by atoms with Crippen LogP contribution >= 0.6 is 0 Å². The highest BCUT2D eigenvalue weighted by atomic mass is 19.1. The van der Waals surface area contributed by atoms with Crippen molar-refractivity contribution in [3.63, 3.8) is 0 Å². The van der Waals surface area contributed by atoms with E-state index in [1.165, 1.54) is 25.2 Å². The van der Waals surface area contributed by atoms with Crippen molar-refractivity contribution >= 4 is 17.6 Å². The summed E-state index contributed by atoms with van der Waals surface area (Å²) in [5.41, 5.74) is -2.01. The number of rotatable bonds is 9. The summed E-state index contributed by atoms with van der Waals surface area (Å²) in [6, 6.07) is 2.91. The average Bonchev–Trinajstić information content (AvgIpc) is 2.80. The molecule has 0 spiro atoms. The minimum Gasteiger partial charge on any atom is -0.502 e. The summed E-state index contributed by atoms with van der Waals surface area (Å²) >= 11 is 0. The minimum absolute atomic E-state index is 0.0675. The zero-order valence-corrected chi connectivity index (χ0v) is 18.5. The zero-order valence-electron chi connectivity index (χ0n) is 18.5. The summed E-state index contributed by atoms with van der Waals surface area (Å²) in [5.74, 6) is -4.70. The molecule has 0 unspecified atom stereocenters. The zero-order chi connectivity index (χ0) is 25.0. The fraction of sp³-hybridized carbons (Fsp3) is 0.364. The number of nitrogens with zero attached hydrogens (tertiary/aromatic N) is 3. The van der Waals surface area contributed by atoms with Crippen molar-refractivity contribution < 1.29 is 37.7 Å². The van der Waals surface area contributed by atoms with Crippen LogP contribution in [0.2, 0.25) is 0 Å². The van der Waals surface area contributed by atoms with E-state index in [1.807, 2.05) is 0 Å². The van der Waals surface area contributed by atoms with Gasteiger partial charge in [-0.25, -0.2) is 18.5 Å². The molecule has 3 rings (SSSR count). The first kappa shape index (κ1) is 25.0. The van der Waals surface area contributed by atoms with Gasteiger partial charge in [0.2, 0.25) is 5.43 Å². The molecule has 0 aliphatic carbocycles. The molecular formula is C22H23F2N3O7. The third-order valence-corrected chi connectivity index (χ3v) is 5.28. The summed E-state index contributed by atoms with van der Waals surface area (Å²) in [4.78, 5) is 52.3. The number of carbonyl (C=O) groups is 3. The van der Waals surface area contributed by atoms with Gasteiger partial charge in [0.05, 0.1) is 12.2 Å². The molecule has 1 aromatic carbocycles. The number of ether oxygens (including phenoxy) is 2. The monoisotopic (exact) mass is 479 g/mol. The Bertz CT molecular complexity index is 1180. The van der Waals surface area contributed by atoms with Crippen molar-refractivity contribution in [1.82, 2.24) is 9.58 Å². The molecule has 0 radical (unpaired) electrons. The SMILES string of the molecule is COCCN1CN(C(=O)COC)n2cc(C(=O)CCc3ccc(F)cc3F)c(=O)c(O)c2C1=O. The lowest BCUT2D eigenvalue weighted by Gasteiger charge is -2.38. The molecule has 2 amide bonds. The minimum atomic E-state index is -1.10. The number of carbonyl (C=O) groups excluding carboxylic acids is 3. The number of hydrogen-bond donors (Lipinski definition) is 1. The number of amides is 2. The lowest BCUT2D eigenvalue weighted by Crippen LogP contribution is -2.58. The molecule has 0 fully saturated rings. The molecule has 2 aromatic rings. The smallest absolute Gasteiger partial charge is 0.278 e. The lowest BCUT2D eigenvalue weighted by molar-refractivity contribution is -0.124. The summed E-state index contributed by atoms with van der Waals surface area (Å²) in [7, 11) is 2.72. The molecule has 1 aliphatic rings. The van der Waals surface area contributed by atoms with E-state index in [-0.39, 0.29) is 44.8 Å². The van der Waals surface area contributed by atoms with E-state index in [0.29, 0.717) is 6.07 Å². The Morgan fingerprint density at radius 2 is 1.88 bits per heavy atom. The first-order valence-electron chi connectivity index (χ1n) is 10.2. The maximum absolute atomic E-state index is 13.9. The van der Waals surface area contributed by atoms with Crippen molar-refractivity contribution in [1.29, 1.82) is 0 Å². The van der Waals surface area contributed by atoms with Crippen molar-refractivity contribution in [3.8, 4) is 5.75 Å². The Morgan fingerprint density at radius 1 is 1.15 bits per heavy atom. The number of ketones is 1. The van der Waals surface area contributed by atoms with E-state index in [2.05, 4.69) is 0 Å². The second-order valence-corrected chi connectivity index (χ2v) is 7.50. The standard InChI is InChI=1S/C22H23F2N3O7/c1-33-8-7-25-12-27(18(29)11-34-2)26-10-15(20(30)21(31)19(26)22(25)32)17(28)6-4-13-3-5-14(23)9-16(13)24/h3,5,9-10,31H,4,6-8,11-12H2,1-2H3. The molecule has 0 bridgehead atoms. The van der Waals surface area contributed by atoms with Crippen LogP contribution in [0.3, 0.4) is 0 Å². The highest BCUT2D eigenvalue weighted by Crippen LogP contribution is 2.22. The summed E-state index contributed by atoms with van der Waals surface area (Å²) in [5, 5.41) is 11.6. The molecule has 0 saturated carbocycles. The second kappa shape index (κ2) is 10.5. The number of fused-ring (bicyclic) bond motifs is 1. The van der Waals surface area contributed by atoms with Gasteiger partial charge in [-0.15, -0.1) is 0 Å². The third kappa shape index (κ3) is 4.97. The van der Waals surface area contributed by atoms with Gasteiger partial charge in [0.25, 0.3) is 11.8 Å².